The zero-order chi connectivity index (χ0) is 9.84. The molecule has 2 nitrogen and oxygen atoms in total. The first-order chi connectivity index (χ1) is 6.15. The smallest absolute Gasteiger partial charge is 0.107 e. The average molecular weight is 295 g/mol. The highest BCUT2D eigenvalue weighted by molar-refractivity contribution is 14.1. The van der Waals surface area contributed by atoms with Gasteiger partial charge in [-0.15, -0.1) is 0 Å². The van der Waals surface area contributed by atoms with E-state index >= 15 is 0 Å². The van der Waals surface area contributed by atoms with E-state index in [4.69, 9.17) is 5.73 Å². The monoisotopic (exact) mass is 295 g/mol. The van der Waals surface area contributed by atoms with Crippen molar-refractivity contribution >= 4 is 22.6 Å². The Morgan fingerprint density at radius 2 is 1.92 bits per heavy atom. The van der Waals surface area contributed by atoms with Crippen LogP contribution in [0.1, 0.15) is 11.7 Å². The molecule has 13 heavy (non-hydrogen) atoms. The van der Waals surface area contributed by atoms with Crippen LogP contribution in [0, 0.1) is 3.57 Å². The van der Waals surface area contributed by atoms with Gasteiger partial charge in [-0.25, -0.2) is 4.39 Å². The molecule has 0 bridgehead atoms. The molecule has 0 aromatic heterocycles. The molecule has 0 fully saturated rings. The van der Waals surface area contributed by atoms with E-state index < -0.39 is 18.8 Å². The minimum absolute atomic E-state index is 0.658. The van der Waals surface area contributed by atoms with Crippen molar-refractivity contribution in [2.24, 2.45) is 5.73 Å². The van der Waals surface area contributed by atoms with Gasteiger partial charge in [0.1, 0.15) is 6.67 Å². The van der Waals surface area contributed by atoms with E-state index in [1.165, 1.54) is 0 Å². The highest BCUT2D eigenvalue weighted by Crippen LogP contribution is 2.17. The number of aliphatic hydroxyl groups excluding tert-OH is 1. The van der Waals surface area contributed by atoms with Gasteiger partial charge in [-0.3, -0.25) is 0 Å². The van der Waals surface area contributed by atoms with Gasteiger partial charge in [0.05, 0.1) is 12.1 Å². The Labute approximate surface area is 90.1 Å². The van der Waals surface area contributed by atoms with Crippen molar-refractivity contribution in [3.8, 4) is 0 Å². The van der Waals surface area contributed by atoms with Crippen LogP contribution in [0.25, 0.3) is 0 Å². The summed E-state index contributed by atoms with van der Waals surface area (Å²) in [6.07, 6.45) is -0.915. The van der Waals surface area contributed by atoms with Gasteiger partial charge in [0, 0.05) is 3.57 Å². The largest absolute Gasteiger partial charge is 0.387 e. The lowest BCUT2D eigenvalue weighted by Crippen LogP contribution is -2.30. The van der Waals surface area contributed by atoms with Crippen LogP contribution < -0.4 is 5.73 Å². The third-order valence-corrected chi connectivity index (χ3v) is 2.51. The number of alkyl halides is 1. The van der Waals surface area contributed by atoms with Gasteiger partial charge in [0.15, 0.2) is 0 Å². The van der Waals surface area contributed by atoms with Crippen LogP contribution in [-0.4, -0.2) is 17.8 Å². The van der Waals surface area contributed by atoms with Crippen LogP contribution in [0.5, 0.6) is 0 Å². The van der Waals surface area contributed by atoms with Crippen LogP contribution in [0.2, 0.25) is 0 Å². The average Bonchev–Trinajstić information content (AvgIpc) is 2.17. The van der Waals surface area contributed by atoms with E-state index in [0.717, 1.165) is 3.57 Å². The second kappa shape index (κ2) is 4.88. The summed E-state index contributed by atoms with van der Waals surface area (Å²) in [7, 11) is 0. The Hall–Kier alpha value is -0.200. The summed E-state index contributed by atoms with van der Waals surface area (Å²) in [6, 6.07) is 6.37. The highest BCUT2D eigenvalue weighted by atomic mass is 127. The molecule has 72 valence electrons. The lowest BCUT2D eigenvalue weighted by Gasteiger charge is -2.15. The molecule has 1 rings (SSSR count). The molecule has 2 atom stereocenters. The SMILES string of the molecule is N[C@@H](CF)[C@H](O)c1ccc(I)cc1. The maximum Gasteiger partial charge on any atom is 0.107 e. The summed E-state index contributed by atoms with van der Waals surface area (Å²) in [5.74, 6) is 0. The lowest BCUT2D eigenvalue weighted by molar-refractivity contribution is 0.132. The van der Waals surface area contributed by atoms with E-state index in [1.807, 2.05) is 12.1 Å². The Morgan fingerprint density at radius 1 is 1.38 bits per heavy atom. The number of rotatable bonds is 3. The van der Waals surface area contributed by atoms with Crippen molar-refractivity contribution in [2.45, 2.75) is 12.1 Å². The van der Waals surface area contributed by atoms with Crippen LogP contribution >= 0.6 is 22.6 Å². The number of nitrogens with two attached hydrogens (primary N) is 1. The topological polar surface area (TPSA) is 46.2 Å². The van der Waals surface area contributed by atoms with Gasteiger partial charge in [0.2, 0.25) is 0 Å². The molecule has 0 saturated carbocycles. The number of hydrogen-bond acceptors (Lipinski definition) is 2. The van der Waals surface area contributed by atoms with Crippen molar-refractivity contribution in [1.29, 1.82) is 0 Å². The summed E-state index contributed by atoms with van der Waals surface area (Å²) in [6.45, 7) is -0.715. The molecule has 0 spiro atoms. The fourth-order valence-electron chi connectivity index (χ4n) is 0.992. The zero-order valence-corrected chi connectivity index (χ0v) is 9.11. The summed E-state index contributed by atoms with van der Waals surface area (Å²) in [4.78, 5) is 0. The predicted molar refractivity (Wildman–Crippen MR) is 58.1 cm³/mol. The number of aliphatic hydroxyl groups is 1. The summed E-state index contributed by atoms with van der Waals surface area (Å²) in [5.41, 5.74) is 6.02. The summed E-state index contributed by atoms with van der Waals surface area (Å²) in [5, 5.41) is 9.51. The normalized spacial score (nSPS) is 15.4. The van der Waals surface area contributed by atoms with Gasteiger partial charge in [0.25, 0.3) is 0 Å². The molecule has 4 heteroatoms. The Morgan fingerprint density at radius 3 is 2.38 bits per heavy atom. The molecule has 1 aromatic carbocycles. The Kier molecular flexibility index (Phi) is 4.08. The predicted octanol–water partition coefficient (Wildman–Crippen LogP) is 1.62. The maximum absolute atomic E-state index is 12.1. The fourth-order valence-corrected chi connectivity index (χ4v) is 1.35. The van der Waals surface area contributed by atoms with Gasteiger partial charge in [-0.1, -0.05) is 12.1 Å². The first-order valence-electron chi connectivity index (χ1n) is 3.90. The van der Waals surface area contributed by atoms with E-state index in [1.54, 1.807) is 12.1 Å². The third-order valence-electron chi connectivity index (χ3n) is 1.80. The van der Waals surface area contributed by atoms with E-state index in [0.29, 0.717) is 5.56 Å². The minimum Gasteiger partial charge on any atom is -0.387 e. The standard InChI is InChI=1S/C9H11FINO/c10-5-8(12)9(13)6-1-3-7(11)4-2-6/h1-4,8-9,13H,5,12H2/t8-,9+/m0/s1. The van der Waals surface area contributed by atoms with Crippen molar-refractivity contribution in [1.82, 2.24) is 0 Å². The van der Waals surface area contributed by atoms with Crippen molar-refractivity contribution in [2.75, 3.05) is 6.67 Å². The number of benzene rings is 1. The van der Waals surface area contributed by atoms with E-state index in [9.17, 15) is 9.50 Å². The maximum atomic E-state index is 12.1. The third kappa shape index (κ3) is 2.89. The molecule has 1 aromatic rings. The number of halogens is 2. The minimum atomic E-state index is -0.915. The molecule has 0 aliphatic carbocycles. The van der Waals surface area contributed by atoms with Gasteiger partial charge in [-0.05, 0) is 40.3 Å². The second-order valence-corrected chi connectivity index (χ2v) is 4.06. The van der Waals surface area contributed by atoms with Crippen LogP contribution in [0.15, 0.2) is 24.3 Å². The van der Waals surface area contributed by atoms with Gasteiger partial charge < -0.3 is 10.8 Å². The molecular weight excluding hydrogens is 284 g/mol. The molecular formula is C9H11FINO. The zero-order valence-electron chi connectivity index (χ0n) is 6.95. The molecule has 0 radical (unpaired) electrons. The van der Waals surface area contributed by atoms with E-state index in [2.05, 4.69) is 22.6 Å². The number of hydrogen-bond donors (Lipinski definition) is 2. The first kappa shape index (κ1) is 10.9. The fraction of sp³-hybridized carbons (Fsp3) is 0.333. The van der Waals surface area contributed by atoms with Gasteiger partial charge in [-0.2, -0.15) is 0 Å². The molecule has 0 heterocycles. The van der Waals surface area contributed by atoms with E-state index in [-0.39, 0.29) is 0 Å². The highest BCUT2D eigenvalue weighted by Gasteiger charge is 2.15. The molecule has 0 unspecified atom stereocenters. The molecule has 0 saturated heterocycles. The van der Waals surface area contributed by atoms with Crippen molar-refractivity contribution in [3.05, 3.63) is 33.4 Å². The van der Waals surface area contributed by atoms with Crippen LogP contribution in [0.3, 0.4) is 0 Å². The van der Waals surface area contributed by atoms with Crippen molar-refractivity contribution < 1.29 is 9.50 Å². The Bertz CT molecular complexity index is 265. The second-order valence-electron chi connectivity index (χ2n) is 2.81. The summed E-state index contributed by atoms with van der Waals surface area (Å²) < 4.78 is 13.2. The quantitative estimate of drug-likeness (QED) is 0.832. The molecule has 0 amide bonds. The Balaban J connectivity index is 2.77. The molecule has 0 aliphatic rings. The first-order valence-corrected chi connectivity index (χ1v) is 4.98. The lowest BCUT2D eigenvalue weighted by atomic mass is 10.0. The van der Waals surface area contributed by atoms with Crippen LogP contribution in [0.4, 0.5) is 4.39 Å². The van der Waals surface area contributed by atoms with Gasteiger partial charge >= 0.3 is 0 Å². The summed E-state index contributed by atoms with van der Waals surface area (Å²) >= 11 is 2.16. The van der Waals surface area contributed by atoms with Crippen LogP contribution in [-0.2, 0) is 0 Å². The molecule has 0 aliphatic heterocycles. The molecule has 3 N–H and O–H groups in total. The van der Waals surface area contributed by atoms with Crippen molar-refractivity contribution in [3.63, 3.8) is 0 Å².